The van der Waals surface area contributed by atoms with Crippen LogP contribution in [-0.2, 0) is 0 Å². The molecule has 0 atom stereocenters. The lowest BCUT2D eigenvalue weighted by molar-refractivity contribution is 0.0693. The van der Waals surface area contributed by atoms with Gasteiger partial charge < -0.3 is 20.1 Å². The van der Waals surface area contributed by atoms with Gasteiger partial charge in [-0.15, -0.1) is 0 Å². The monoisotopic (exact) mass is 184 g/mol. The first kappa shape index (κ1) is 9.18. The topological polar surface area (TPSA) is 87.0 Å². The molecular formula is C8H8O5. The quantitative estimate of drug-likeness (QED) is 0.632. The van der Waals surface area contributed by atoms with Crippen LogP contribution in [0.2, 0.25) is 0 Å². The van der Waals surface area contributed by atoms with Gasteiger partial charge in [0.2, 0.25) is 5.75 Å². The maximum atomic E-state index is 10.5. The van der Waals surface area contributed by atoms with Crippen LogP contribution in [0.5, 0.6) is 17.2 Å². The van der Waals surface area contributed by atoms with E-state index in [4.69, 9.17) is 10.2 Å². The van der Waals surface area contributed by atoms with Crippen LogP contribution >= 0.6 is 0 Å². The van der Waals surface area contributed by atoms with Crippen LogP contribution in [-0.4, -0.2) is 28.4 Å². The number of aromatic hydroxyl groups is 2. The van der Waals surface area contributed by atoms with Crippen LogP contribution in [0.4, 0.5) is 0 Å². The number of aromatic carboxylic acids is 1. The summed E-state index contributed by atoms with van der Waals surface area (Å²) in [7, 11) is 1.22. The normalized spacial score (nSPS) is 9.62. The zero-order chi connectivity index (χ0) is 10.0. The summed E-state index contributed by atoms with van der Waals surface area (Å²) in [5.74, 6) is -2.39. The molecule has 5 nitrogen and oxygen atoms in total. The highest BCUT2D eigenvalue weighted by molar-refractivity contribution is 5.92. The van der Waals surface area contributed by atoms with Crippen molar-refractivity contribution in [1.82, 2.24) is 0 Å². The molecule has 0 aliphatic heterocycles. The van der Waals surface area contributed by atoms with Gasteiger partial charge in [-0.3, -0.25) is 0 Å². The number of benzene rings is 1. The number of phenols is 2. The van der Waals surface area contributed by atoms with Crippen molar-refractivity contribution in [3.8, 4) is 17.2 Å². The maximum absolute atomic E-state index is 10.5. The van der Waals surface area contributed by atoms with Crippen LogP contribution in [0, 0.1) is 0 Å². The molecule has 3 N–H and O–H groups in total. The van der Waals surface area contributed by atoms with Gasteiger partial charge in [0, 0.05) is 0 Å². The summed E-state index contributed by atoms with van der Waals surface area (Å²) in [6, 6.07) is 2.23. The molecule has 0 radical (unpaired) electrons. The number of carboxylic acid groups (broad SMARTS) is 1. The number of hydrogen-bond donors (Lipinski definition) is 3. The Morgan fingerprint density at radius 2 is 2.00 bits per heavy atom. The Hall–Kier alpha value is -1.91. The molecule has 0 amide bonds. The molecule has 70 valence electrons. The highest BCUT2D eigenvalue weighted by Crippen LogP contribution is 2.37. The first-order valence-electron chi connectivity index (χ1n) is 3.40. The number of methoxy groups -OCH3 is 1. The summed E-state index contributed by atoms with van der Waals surface area (Å²) >= 11 is 0. The second-order valence-corrected chi connectivity index (χ2v) is 2.32. The molecule has 5 heteroatoms. The van der Waals surface area contributed by atoms with Crippen molar-refractivity contribution in [1.29, 1.82) is 0 Å². The maximum Gasteiger partial charge on any atom is 0.339 e. The molecule has 0 unspecified atom stereocenters. The zero-order valence-corrected chi connectivity index (χ0v) is 6.81. The van der Waals surface area contributed by atoms with Crippen molar-refractivity contribution < 1.29 is 24.9 Å². The van der Waals surface area contributed by atoms with E-state index in [2.05, 4.69) is 4.74 Å². The number of carboxylic acids is 1. The lowest BCUT2D eigenvalue weighted by Crippen LogP contribution is -1.98. The molecular weight excluding hydrogens is 176 g/mol. The van der Waals surface area contributed by atoms with Gasteiger partial charge in [-0.1, -0.05) is 0 Å². The van der Waals surface area contributed by atoms with Crippen LogP contribution in [0.25, 0.3) is 0 Å². The molecule has 0 aliphatic carbocycles. The second-order valence-electron chi connectivity index (χ2n) is 2.32. The third kappa shape index (κ3) is 1.48. The Morgan fingerprint density at radius 1 is 1.38 bits per heavy atom. The van der Waals surface area contributed by atoms with Crippen molar-refractivity contribution in [2.24, 2.45) is 0 Å². The van der Waals surface area contributed by atoms with Gasteiger partial charge in [0.15, 0.2) is 11.5 Å². The van der Waals surface area contributed by atoms with E-state index >= 15 is 0 Å². The van der Waals surface area contributed by atoms with Crippen LogP contribution in [0.1, 0.15) is 10.4 Å². The van der Waals surface area contributed by atoms with Crippen molar-refractivity contribution in [3.05, 3.63) is 17.7 Å². The third-order valence-corrected chi connectivity index (χ3v) is 1.55. The number of phenolic OH excluding ortho intramolecular Hbond substituents is 1. The summed E-state index contributed by atoms with van der Waals surface area (Å²) in [5.41, 5.74) is -0.311. The minimum absolute atomic E-state index is 0.236. The summed E-state index contributed by atoms with van der Waals surface area (Å²) in [4.78, 5) is 10.5. The Bertz CT molecular complexity index is 345. The van der Waals surface area contributed by atoms with Gasteiger partial charge in [0.25, 0.3) is 0 Å². The fourth-order valence-corrected chi connectivity index (χ4v) is 0.934. The first-order chi connectivity index (χ1) is 6.07. The smallest absolute Gasteiger partial charge is 0.339 e. The van der Waals surface area contributed by atoms with Crippen molar-refractivity contribution in [2.75, 3.05) is 7.11 Å². The van der Waals surface area contributed by atoms with Crippen molar-refractivity contribution >= 4 is 5.97 Å². The van der Waals surface area contributed by atoms with E-state index < -0.39 is 11.7 Å². The van der Waals surface area contributed by atoms with E-state index in [1.807, 2.05) is 0 Å². The number of ether oxygens (including phenoxy) is 1. The molecule has 13 heavy (non-hydrogen) atoms. The average Bonchev–Trinajstić information content (AvgIpc) is 2.04. The Kier molecular flexibility index (Phi) is 2.27. The Morgan fingerprint density at radius 3 is 2.46 bits per heavy atom. The van der Waals surface area contributed by atoms with E-state index in [0.29, 0.717) is 0 Å². The fraction of sp³-hybridized carbons (Fsp3) is 0.125. The third-order valence-electron chi connectivity index (χ3n) is 1.55. The average molecular weight is 184 g/mol. The lowest BCUT2D eigenvalue weighted by atomic mass is 10.2. The van der Waals surface area contributed by atoms with Gasteiger partial charge in [-0.25, -0.2) is 4.79 Å². The molecule has 0 aliphatic rings. The molecule has 1 aromatic rings. The minimum Gasteiger partial charge on any atom is -0.504 e. The predicted octanol–water partition coefficient (Wildman–Crippen LogP) is 0.805. The highest BCUT2D eigenvalue weighted by Gasteiger charge is 2.16. The standard InChI is InChI=1S/C8H8O5/c1-13-7-5(9)3-2-4(6(7)10)8(11)12/h2-3,9-10H,1H3,(H,11,12). The fourth-order valence-electron chi connectivity index (χ4n) is 0.934. The van der Waals surface area contributed by atoms with Gasteiger partial charge in [-0.2, -0.15) is 0 Å². The number of hydrogen-bond acceptors (Lipinski definition) is 4. The van der Waals surface area contributed by atoms with Crippen molar-refractivity contribution in [2.45, 2.75) is 0 Å². The predicted molar refractivity (Wildman–Crippen MR) is 43.3 cm³/mol. The lowest BCUT2D eigenvalue weighted by Gasteiger charge is -2.07. The minimum atomic E-state index is -1.28. The van der Waals surface area contributed by atoms with Crippen LogP contribution < -0.4 is 4.74 Å². The summed E-state index contributed by atoms with van der Waals surface area (Å²) in [6.07, 6.45) is 0. The van der Waals surface area contributed by atoms with E-state index in [-0.39, 0.29) is 17.1 Å². The summed E-state index contributed by atoms with van der Waals surface area (Å²) in [6.45, 7) is 0. The number of carbonyl (C=O) groups is 1. The molecule has 0 saturated heterocycles. The van der Waals surface area contributed by atoms with Gasteiger partial charge >= 0.3 is 5.97 Å². The first-order valence-corrected chi connectivity index (χ1v) is 3.40. The number of rotatable bonds is 2. The molecule has 0 spiro atoms. The molecule has 0 bridgehead atoms. The largest absolute Gasteiger partial charge is 0.504 e. The summed E-state index contributed by atoms with van der Waals surface area (Å²) < 4.78 is 4.60. The van der Waals surface area contributed by atoms with Crippen LogP contribution in [0.3, 0.4) is 0 Å². The van der Waals surface area contributed by atoms with E-state index in [0.717, 1.165) is 12.1 Å². The van der Waals surface area contributed by atoms with Crippen molar-refractivity contribution in [3.63, 3.8) is 0 Å². The zero-order valence-electron chi connectivity index (χ0n) is 6.81. The summed E-state index contributed by atoms with van der Waals surface area (Å²) in [5, 5.41) is 27.0. The van der Waals surface area contributed by atoms with E-state index in [9.17, 15) is 9.90 Å². The molecule has 0 saturated carbocycles. The SMILES string of the molecule is COc1c(O)ccc(C(=O)O)c1O. The Balaban J connectivity index is 3.35. The molecule has 0 aromatic heterocycles. The second kappa shape index (κ2) is 3.22. The highest BCUT2D eigenvalue weighted by atomic mass is 16.5. The van der Waals surface area contributed by atoms with Gasteiger partial charge in [0.05, 0.1) is 7.11 Å². The van der Waals surface area contributed by atoms with Gasteiger partial charge in [0.1, 0.15) is 5.56 Å². The van der Waals surface area contributed by atoms with E-state index in [1.165, 1.54) is 7.11 Å². The van der Waals surface area contributed by atoms with Gasteiger partial charge in [-0.05, 0) is 12.1 Å². The molecule has 0 heterocycles. The molecule has 1 rings (SSSR count). The van der Waals surface area contributed by atoms with E-state index in [1.54, 1.807) is 0 Å². The van der Waals surface area contributed by atoms with Crippen LogP contribution in [0.15, 0.2) is 12.1 Å². The molecule has 0 fully saturated rings. The molecule has 1 aromatic carbocycles. The Labute approximate surface area is 73.8 Å².